The predicted molar refractivity (Wildman–Crippen MR) is 58.3 cm³/mol. The molecule has 0 aromatic carbocycles. The summed E-state index contributed by atoms with van der Waals surface area (Å²) in [7, 11) is 0. The average Bonchev–Trinajstić information content (AvgIpc) is 2.24. The van der Waals surface area contributed by atoms with Crippen molar-refractivity contribution in [2.75, 3.05) is 19.6 Å². The van der Waals surface area contributed by atoms with Gasteiger partial charge in [0.1, 0.15) is 0 Å². The summed E-state index contributed by atoms with van der Waals surface area (Å²) in [6.45, 7) is 2.94. The first kappa shape index (κ1) is 13.0. The minimum atomic E-state index is -1.25. The minimum Gasteiger partial charge on any atom is -0.481 e. The van der Waals surface area contributed by atoms with Crippen molar-refractivity contribution in [1.29, 1.82) is 0 Å². The van der Waals surface area contributed by atoms with E-state index in [1.54, 1.807) is 0 Å². The van der Waals surface area contributed by atoms with Gasteiger partial charge in [0.25, 0.3) is 0 Å². The van der Waals surface area contributed by atoms with Gasteiger partial charge in [-0.2, -0.15) is 0 Å². The second-order valence-corrected chi connectivity index (χ2v) is 4.27. The Labute approximate surface area is 95.1 Å². The lowest BCUT2D eigenvalue weighted by Crippen LogP contribution is -2.31. The van der Waals surface area contributed by atoms with Gasteiger partial charge in [-0.15, -0.1) is 0 Å². The number of piperidine rings is 1. The van der Waals surface area contributed by atoms with E-state index in [1.807, 2.05) is 0 Å². The number of carboxylic acids is 2. The molecule has 1 fully saturated rings. The monoisotopic (exact) mass is 229 g/mol. The van der Waals surface area contributed by atoms with Crippen LogP contribution in [0.25, 0.3) is 0 Å². The van der Waals surface area contributed by atoms with Gasteiger partial charge in [0, 0.05) is 0 Å². The van der Waals surface area contributed by atoms with E-state index in [0.717, 1.165) is 19.6 Å². The van der Waals surface area contributed by atoms with Crippen molar-refractivity contribution in [3.63, 3.8) is 0 Å². The smallest absolute Gasteiger partial charge is 0.317 e. The zero-order valence-corrected chi connectivity index (χ0v) is 9.39. The molecule has 0 bridgehead atoms. The molecule has 92 valence electrons. The van der Waals surface area contributed by atoms with Crippen LogP contribution in [0.1, 0.15) is 32.1 Å². The first-order valence-corrected chi connectivity index (χ1v) is 5.79. The Morgan fingerprint density at radius 2 is 1.62 bits per heavy atom. The molecule has 0 amide bonds. The SMILES string of the molecule is O=C(O)C(CCCN1CCCCC1)C(=O)O. The molecule has 0 spiro atoms. The van der Waals surface area contributed by atoms with Crippen LogP contribution in [0.3, 0.4) is 0 Å². The van der Waals surface area contributed by atoms with Crippen molar-refractivity contribution in [3.8, 4) is 0 Å². The zero-order chi connectivity index (χ0) is 12.0. The van der Waals surface area contributed by atoms with E-state index in [1.165, 1.54) is 19.3 Å². The third-order valence-corrected chi connectivity index (χ3v) is 3.01. The summed E-state index contributed by atoms with van der Waals surface area (Å²) >= 11 is 0. The van der Waals surface area contributed by atoms with E-state index in [-0.39, 0.29) is 6.42 Å². The van der Waals surface area contributed by atoms with Crippen LogP contribution in [0, 0.1) is 5.92 Å². The first-order chi connectivity index (χ1) is 7.61. The number of hydrogen-bond acceptors (Lipinski definition) is 3. The third kappa shape index (κ3) is 4.18. The van der Waals surface area contributed by atoms with Crippen LogP contribution in [0.2, 0.25) is 0 Å². The lowest BCUT2D eigenvalue weighted by atomic mass is 10.0. The van der Waals surface area contributed by atoms with Gasteiger partial charge in [-0.05, 0) is 45.3 Å². The van der Waals surface area contributed by atoms with Crippen LogP contribution in [0.4, 0.5) is 0 Å². The summed E-state index contributed by atoms with van der Waals surface area (Å²) in [6, 6.07) is 0. The molecule has 0 saturated carbocycles. The molecule has 16 heavy (non-hydrogen) atoms. The lowest BCUT2D eigenvalue weighted by molar-refractivity contribution is -0.154. The van der Waals surface area contributed by atoms with Gasteiger partial charge in [-0.1, -0.05) is 6.42 Å². The van der Waals surface area contributed by atoms with Crippen LogP contribution >= 0.6 is 0 Å². The average molecular weight is 229 g/mol. The van der Waals surface area contributed by atoms with E-state index >= 15 is 0 Å². The molecule has 1 aliphatic rings. The molecule has 0 unspecified atom stereocenters. The maximum absolute atomic E-state index is 10.6. The number of nitrogens with zero attached hydrogens (tertiary/aromatic N) is 1. The normalized spacial score (nSPS) is 17.6. The summed E-state index contributed by atoms with van der Waals surface area (Å²) in [5, 5.41) is 17.4. The molecule has 1 rings (SSSR count). The Morgan fingerprint density at radius 3 is 2.12 bits per heavy atom. The Kier molecular flexibility index (Phi) is 5.25. The van der Waals surface area contributed by atoms with E-state index in [2.05, 4.69) is 4.90 Å². The van der Waals surface area contributed by atoms with Crippen LogP contribution in [-0.2, 0) is 9.59 Å². The van der Waals surface area contributed by atoms with Crippen molar-refractivity contribution in [1.82, 2.24) is 4.90 Å². The highest BCUT2D eigenvalue weighted by atomic mass is 16.4. The number of carbonyl (C=O) groups is 2. The Balaban J connectivity index is 2.22. The van der Waals surface area contributed by atoms with Crippen LogP contribution < -0.4 is 0 Å². The molecule has 1 saturated heterocycles. The summed E-state index contributed by atoms with van der Waals surface area (Å²) in [6.07, 6.45) is 4.52. The first-order valence-electron chi connectivity index (χ1n) is 5.79. The van der Waals surface area contributed by atoms with Gasteiger partial charge >= 0.3 is 11.9 Å². The fourth-order valence-corrected chi connectivity index (χ4v) is 2.05. The number of likely N-dealkylation sites (tertiary alicyclic amines) is 1. The molecular formula is C11H19NO4. The van der Waals surface area contributed by atoms with Crippen molar-refractivity contribution in [2.24, 2.45) is 5.92 Å². The zero-order valence-electron chi connectivity index (χ0n) is 9.39. The highest BCUT2D eigenvalue weighted by molar-refractivity contribution is 5.92. The standard InChI is InChI=1S/C11H19NO4/c13-10(14)9(11(15)16)5-4-8-12-6-2-1-3-7-12/h9H,1-8H2,(H,13,14)(H,15,16). The van der Waals surface area contributed by atoms with E-state index in [0.29, 0.717) is 6.42 Å². The highest BCUT2D eigenvalue weighted by Crippen LogP contribution is 2.12. The number of rotatable bonds is 6. The van der Waals surface area contributed by atoms with E-state index < -0.39 is 17.9 Å². The van der Waals surface area contributed by atoms with Gasteiger partial charge in [0.2, 0.25) is 0 Å². The molecular weight excluding hydrogens is 210 g/mol. The van der Waals surface area contributed by atoms with Gasteiger partial charge in [0.15, 0.2) is 5.92 Å². The number of carboxylic acid groups (broad SMARTS) is 2. The molecule has 2 N–H and O–H groups in total. The second-order valence-electron chi connectivity index (χ2n) is 4.27. The fraction of sp³-hybridized carbons (Fsp3) is 0.818. The summed E-state index contributed by atoms with van der Waals surface area (Å²) in [5.41, 5.74) is 0. The van der Waals surface area contributed by atoms with Gasteiger partial charge in [-0.3, -0.25) is 9.59 Å². The third-order valence-electron chi connectivity index (χ3n) is 3.01. The van der Waals surface area contributed by atoms with Gasteiger partial charge in [-0.25, -0.2) is 0 Å². The van der Waals surface area contributed by atoms with E-state index in [9.17, 15) is 9.59 Å². The highest BCUT2D eigenvalue weighted by Gasteiger charge is 2.25. The van der Waals surface area contributed by atoms with Crippen LogP contribution in [0.15, 0.2) is 0 Å². The van der Waals surface area contributed by atoms with Crippen LogP contribution in [0.5, 0.6) is 0 Å². The van der Waals surface area contributed by atoms with Crippen molar-refractivity contribution >= 4 is 11.9 Å². The molecule has 1 heterocycles. The molecule has 5 heteroatoms. The Bertz CT molecular complexity index is 234. The maximum atomic E-state index is 10.6. The van der Waals surface area contributed by atoms with Gasteiger partial charge in [0.05, 0.1) is 0 Å². The quantitative estimate of drug-likeness (QED) is 0.665. The Morgan fingerprint density at radius 1 is 1.06 bits per heavy atom. The molecule has 0 atom stereocenters. The fourth-order valence-electron chi connectivity index (χ4n) is 2.05. The molecule has 0 radical (unpaired) electrons. The largest absolute Gasteiger partial charge is 0.481 e. The minimum absolute atomic E-state index is 0.223. The molecule has 0 aromatic heterocycles. The molecule has 1 aliphatic heterocycles. The summed E-state index contributed by atoms with van der Waals surface area (Å²) < 4.78 is 0. The Hall–Kier alpha value is -1.10. The van der Waals surface area contributed by atoms with Crippen molar-refractivity contribution in [2.45, 2.75) is 32.1 Å². The molecule has 0 aromatic rings. The summed E-state index contributed by atoms with van der Waals surface area (Å²) in [5.74, 6) is -3.71. The van der Waals surface area contributed by atoms with Crippen molar-refractivity contribution in [3.05, 3.63) is 0 Å². The lowest BCUT2D eigenvalue weighted by Gasteiger charge is -2.26. The molecule has 5 nitrogen and oxygen atoms in total. The van der Waals surface area contributed by atoms with Gasteiger partial charge < -0.3 is 15.1 Å². The number of aliphatic carboxylic acids is 2. The topological polar surface area (TPSA) is 77.8 Å². The predicted octanol–water partition coefficient (Wildman–Crippen LogP) is 1.04. The summed E-state index contributed by atoms with van der Waals surface area (Å²) in [4.78, 5) is 23.5. The second kappa shape index (κ2) is 6.48. The van der Waals surface area contributed by atoms with Crippen molar-refractivity contribution < 1.29 is 19.8 Å². The maximum Gasteiger partial charge on any atom is 0.317 e. The molecule has 0 aliphatic carbocycles. The number of hydrogen-bond donors (Lipinski definition) is 2. The van der Waals surface area contributed by atoms with E-state index in [4.69, 9.17) is 10.2 Å². The van der Waals surface area contributed by atoms with Crippen LogP contribution in [-0.4, -0.2) is 46.7 Å².